The molecule has 3 amide bonds. The number of nitrogens with two attached hydrogens (primary N) is 1. The molecule has 36 heavy (non-hydrogen) atoms. The maximum atomic E-state index is 12.6. The molecule has 0 aliphatic carbocycles. The van der Waals surface area contributed by atoms with E-state index in [9.17, 15) is 44.1 Å². The quantitative estimate of drug-likeness (QED) is 0.115. The average molecular weight is 512 g/mol. The van der Waals surface area contributed by atoms with Gasteiger partial charge in [-0.25, -0.2) is 4.79 Å². The Morgan fingerprint density at radius 1 is 0.778 bits per heavy atom. The number of rotatable bonds is 15. The maximum absolute atomic E-state index is 12.6. The molecule has 15 nitrogen and oxygen atoms in total. The topological polar surface area (TPSA) is 266 Å². The predicted octanol–water partition coefficient (Wildman–Crippen LogP) is -2.87. The molecule has 15 heteroatoms. The van der Waals surface area contributed by atoms with Crippen LogP contribution in [0.4, 0.5) is 0 Å². The molecule has 0 radical (unpaired) electrons. The number of carbonyl (C=O) groups excluding carboxylic acids is 3. The highest BCUT2D eigenvalue weighted by molar-refractivity contribution is 5.95. The number of aliphatic hydroxyl groups excluding tert-OH is 1. The van der Waals surface area contributed by atoms with Crippen LogP contribution in [0.15, 0.2) is 24.3 Å². The van der Waals surface area contributed by atoms with Crippen LogP contribution in [0.1, 0.15) is 24.8 Å². The van der Waals surface area contributed by atoms with E-state index in [0.717, 1.165) is 0 Å². The molecule has 0 aromatic heterocycles. The van der Waals surface area contributed by atoms with Gasteiger partial charge in [0, 0.05) is 12.8 Å². The van der Waals surface area contributed by atoms with Crippen molar-refractivity contribution in [1.29, 1.82) is 0 Å². The van der Waals surface area contributed by atoms with Crippen molar-refractivity contribution in [3.63, 3.8) is 0 Å². The molecule has 0 saturated carbocycles. The van der Waals surface area contributed by atoms with Crippen LogP contribution in [-0.4, -0.2) is 91.9 Å². The molecule has 0 heterocycles. The standard InChI is InChI=1S/C21H28N4O11/c22-12(5-6-16(28)29)18(32)23-13(8-17(30)31)19(33)25-15(9-26)20(34)24-14(21(35)36)7-10-1-3-11(27)4-2-10/h1-4,12-15,26-27H,5-9,22H2,(H,23,32)(H,24,34)(H,25,33)(H,28,29)(H,30,31)(H,35,36). The van der Waals surface area contributed by atoms with Crippen LogP contribution in [0.3, 0.4) is 0 Å². The number of phenolic OH excluding ortho intramolecular Hbond substituents is 1. The highest BCUT2D eigenvalue weighted by atomic mass is 16.4. The molecule has 0 spiro atoms. The summed E-state index contributed by atoms with van der Waals surface area (Å²) in [5.41, 5.74) is 6.00. The lowest BCUT2D eigenvalue weighted by Crippen LogP contribution is -2.58. The van der Waals surface area contributed by atoms with Gasteiger partial charge in [-0.05, 0) is 24.1 Å². The minimum Gasteiger partial charge on any atom is -0.508 e. The maximum Gasteiger partial charge on any atom is 0.326 e. The van der Waals surface area contributed by atoms with Gasteiger partial charge in [0.1, 0.15) is 23.9 Å². The molecule has 4 unspecified atom stereocenters. The fourth-order valence-corrected chi connectivity index (χ4v) is 2.88. The van der Waals surface area contributed by atoms with E-state index in [1.807, 2.05) is 5.32 Å². The summed E-state index contributed by atoms with van der Waals surface area (Å²) in [7, 11) is 0. The number of benzene rings is 1. The first-order valence-electron chi connectivity index (χ1n) is 10.6. The van der Waals surface area contributed by atoms with Crippen molar-refractivity contribution in [1.82, 2.24) is 16.0 Å². The van der Waals surface area contributed by atoms with E-state index in [-0.39, 0.29) is 18.6 Å². The summed E-state index contributed by atoms with van der Waals surface area (Å²) in [6.45, 7) is -0.991. The van der Waals surface area contributed by atoms with Crippen LogP contribution in [0.2, 0.25) is 0 Å². The van der Waals surface area contributed by atoms with Crippen molar-refractivity contribution < 1.29 is 54.3 Å². The Labute approximate surface area is 204 Å². The zero-order valence-corrected chi connectivity index (χ0v) is 18.9. The summed E-state index contributed by atoms with van der Waals surface area (Å²) < 4.78 is 0. The van der Waals surface area contributed by atoms with Crippen molar-refractivity contribution in [3.05, 3.63) is 29.8 Å². The van der Waals surface area contributed by atoms with Gasteiger partial charge in [-0.2, -0.15) is 0 Å². The number of aliphatic hydroxyl groups is 1. The Morgan fingerprint density at radius 3 is 1.81 bits per heavy atom. The lowest BCUT2D eigenvalue weighted by Gasteiger charge is -2.23. The molecule has 0 aliphatic rings. The molecule has 0 aliphatic heterocycles. The Balaban J connectivity index is 2.87. The molecule has 4 atom stereocenters. The van der Waals surface area contributed by atoms with Crippen molar-refractivity contribution in [2.45, 2.75) is 49.9 Å². The smallest absolute Gasteiger partial charge is 0.326 e. The number of amides is 3. The van der Waals surface area contributed by atoms with Crippen molar-refractivity contribution >= 4 is 35.6 Å². The van der Waals surface area contributed by atoms with E-state index < -0.39 is 79.2 Å². The zero-order chi connectivity index (χ0) is 27.4. The largest absolute Gasteiger partial charge is 0.508 e. The van der Waals surface area contributed by atoms with E-state index in [2.05, 4.69) is 10.6 Å². The Kier molecular flexibility index (Phi) is 11.8. The van der Waals surface area contributed by atoms with Gasteiger partial charge in [0.15, 0.2) is 0 Å². The van der Waals surface area contributed by atoms with Gasteiger partial charge in [0.05, 0.1) is 19.1 Å². The van der Waals surface area contributed by atoms with Crippen LogP contribution >= 0.6 is 0 Å². The molecule has 10 N–H and O–H groups in total. The molecule has 0 fully saturated rings. The molecule has 0 saturated heterocycles. The van der Waals surface area contributed by atoms with Crippen molar-refractivity contribution in [3.8, 4) is 5.75 Å². The summed E-state index contributed by atoms with van der Waals surface area (Å²) in [5, 5.41) is 52.2. The van der Waals surface area contributed by atoms with E-state index in [1.165, 1.54) is 24.3 Å². The summed E-state index contributed by atoms with van der Waals surface area (Å²) in [6, 6.07) is -0.776. The fraction of sp³-hybridized carbons (Fsp3) is 0.429. The number of carbonyl (C=O) groups is 6. The molecule has 1 rings (SSSR count). The predicted molar refractivity (Wildman–Crippen MR) is 119 cm³/mol. The van der Waals surface area contributed by atoms with Gasteiger partial charge in [-0.3, -0.25) is 24.0 Å². The Bertz CT molecular complexity index is 967. The zero-order valence-electron chi connectivity index (χ0n) is 18.9. The third kappa shape index (κ3) is 10.4. The van der Waals surface area contributed by atoms with Crippen LogP contribution in [0, 0.1) is 0 Å². The fourth-order valence-electron chi connectivity index (χ4n) is 2.88. The number of aliphatic carboxylic acids is 3. The van der Waals surface area contributed by atoms with Gasteiger partial charge < -0.3 is 47.2 Å². The number of aromatic hydroxyl groups is 1. The molecule has 1 aromatic rings. The van der Waals surface area contributed by atoms with Crippen LogP contribution < -0.4 is 21.7 Å². The summed E-state index contributed by atoms with van der Waals surface area (Å²) in [4.78, 5) is 70.6. The second kappa shape index (κ2) is 14.2. The Hall–Kier alpha value is -4.24. The summed E-state index contributed by atoms with van der Waals surface area (Å²) >= 11 is 0. The monoisotopic (exact) mass is 512 g/mol. The lowest BCUT2D eigenvalue weighted by molar-refractivity contribution is -0.143. The lowest BCUT2D eigenvalue weighted by atomic mass is 10.1. The van der Waals surface area contributed by atoms with E-state index in [4.69, 9.17) is 15.9 Å². The summed E-state index contributed by atoms with van der Waals surface area (Å²) in [6.07, 6.45) is -1.87. The summed E-state index contributed by atoms with van der Waals surface area (Å²) in [5.74, 6) is -7.50. The van der Waals surface area contributed by atoms with Crippen LogP contribution in [-0.2, 0) is 35.2 Å². The normalized spacial score (nSPS) is 13.9. The molecular formula is C21H28N4O11. The number of hydrogen-bond donors (Lipinski definition) is 9. The van der Waals surface area contributed by atoms with E-state index >= 15 is 0 Å². The van der Waals surface area contributed by atoms with Crippen LogP contribution in [0.5, 0.6) is 5.75 Å². The second-order valence-corrected chi connectivity index (χ2v) is 7.71. The van der Waals surface area contributed by atoms with Gasteiger partial charge in [-0.1, -0.05) is 12.1 Å². The molecule has 1 aromatic carbocycles. The number of carboxylic acids is 3. The SMILES string of the molecule is NC(CCC(=O)O)C(=O)NC(CC(=O)O)C(=O)NC(CO)C(=O)NC(Cc1ccc(O)cc1)C(=O)O. The van der Waals surface area contributed by atoms with Gasteiger partial charge >= 0.3 is 17.9 Å². The number of nitrogens with one attached hydrogen (secondary N) is 3. The average Bonchev–Trinajstić information content (AvgIpc) is 2.80. The van der Waals surface area contributed by atoms with Gasteiger partial charge in [-0.15, -0.1) is 0 Å². The first kappa shape index (κ1) is 29.8. The van der Waals surface area contributed by atoms with Gasteiger partial charge in [0.25, 0.3) is 0 Å². The number of hydrogen-bond acceptors (Lipinski definition) is 9. The Morgan fingerprint density at radius 2 is 1.31 bits per heavy atom. The van der Waals surface area contributed by atoms with Crippen molar-refractivity contribution in [2.24, 2.45) is 5.73 Å². The van der Waals surface area contributed by atoms with E-state index in [1.54, 1.807) is 0 Å². The molecular weight excluding hydrogens is 484 g/mol. The third-order valence-electron chi connectivity index (χ3n) is 4.82. The van der Waals surface area contributed by atoms with Crippen molar-refractivity contribution in [2.75, 3.05) is 6.61 Å². The van der Waals surface area contributed by atoms with E-state index in [0.29, 0.717) is 5.56 Å². The third-order valence-corrected chi connectivity index (χ3v) is 4.82. The first-order chi connectivity index (χ1) is 16.8. The minimum atomic E-state index is -1.74. The highest BCUT2D eigenvalue weighted by Crippen LogP contribution is 2.11. The van der Waals surface area contributed by atoms with Gasteiger partial charge in [0.2, 0.25) is 17.7 Å². The number of carboxylic acid groups (broad SMARTS) is 3. The molecule has 198 valence electrons. The second-order valence-electron chi connectivity index (χ2n) is 7.71. The first-order valence-corrected chi connectivity index (χ1v) is 10.6. The number of phenols is 1. The van der Waals surface area contributed by atoms with Crippen LogP contribution in [0.25, 0.3) is 0 Å². The minimum absolute atomic E-state index is 0.0523. The highest BCUT2D eigenvalue weighted by Gasteiger charge is 2.31. The molecule has 0 bridgehead atoms.